The zero-order valence-corrected chi connectivity index (χ0v) is 13.4. The van der Waals surface area contributed by atoms with E-state index < -0.39 is 10.0 Å². The van der Waals surface area contributed by atoms with Crippen LogP contribution in [0.5, 0.6) is 0 Å². The van der Waals surface area contributed by atoms with E-state index in [1.807, 2.05) is 6.07 Å². The lowest BCUT2D eigenvalue weighted by Gasteiger charge is -2.19. The second kappa shape index (κ2) is 6.99. The van der Waals surface area contributed by atoms with Crippen molar-refractivity contribution >= 4 is 21.6 Å². The summed E-state index contributed by atoms with van der Waals surface area (Å²) >= 11 is 0. The number of carbonyl (C=O) groups excluding carboxylic acids is 1. The lowest BCUT2D eigenvalue weighted by Crippen LogP contribution is -2.27. The van der Waals surface area contributed by atoms with E-state index in [0.717, 1.165) is 0 Å². The summed E-state index contributed by atoms with van der Waals surface area (Å²) in [6.07, 6.45) is 5.08. The summed E-state index contributed by atoms with van der Waals surface area (Å²) in [6, 6.07) is 14.5. The highest BCUT2D eigenvalue weighted by Crippen LogP contribution is 2.21. The van der Waals surface area contributed by atoms with Crippen LogP contribution in [0.2, 0.25) is 0 Å². The number of carbonyl (C=O) groups is 1. The Kier molecular flexibility index (Phi) is 5.04. The Morgan fingerprint density at radius 2 is 1.74 bits per heavy atom. The number of benzene rings is 2. The monoisotopic (exact) mass is 328 g/mol. The molecular weight excluding hydrogens is 312 g/mol. The van der Waals surface area contributed by atoms with Crippen LogP contribution in [-0.2, 0) is 10.0 Å². The minimum atomic E-state index is -3.68. The number of terminal acetylenes is 1. The molecule has 2 aromatic carbocycles. The summed E-state index contributed by atoms with van der Waals surface area (Å²) in [7, 11) is -2.20. The number of nitrogens with one attached hydrogen (secondary N) is 1. The Morgan fingerprint density at radius 3 is 2.30 bits per heavy atom. The van der Waals surface area contributed by atoms with E-state index in [0.29, 0.717) is 11.3 Å². The van der Waals surface area contributed by atoms with Crippen LogP contribution < -0.4 is 9.62 Å². The largest absolute Gasteiger partial charge is 0.341 e. The van der Waals surface area contributed by atoms with E-state index in [1.165, 1.54) is 35.6 Å². The number of hydrogen-bond donors (Lipinski definition) is 1. The zero-order valence-electron chi connectivity index (χ0n) is 12.6. The molecule has 1 N–H and O–H groups in total. The van der Waals surface area contributed by atoms with Gasteiger partial charge < -0.3 is 5.32 Å². The molecule has 2 rings (SSSR count). The summed E-state index contributed by atoms with van der Waals surface area (Å²) in [6.45, 7) is 0.121. The van der Waals surface area contributed by atoms with E-state index in [-0.39, 0.29) is 17.3 Å². The third kappa shape index (κ3) is 3.71. The molecule has 0 aromatic heterocycles. The highest BCUT2D eigenvalue weighted by atomic mass is 32.2. The molecule has 118 valence electrons. The Labute approximate surface area is 136 Å². The van der Waals surface area contributed by atoms with Crippen molar-refractivity contribution in [1.29, 1.82) is 0 Å². The van der Waals surface area contributed by atoms with Crippen molar-refractivity contribution in [1.82, 2.24) is 5.32 Å². The smallest absolute Gasteiger partial charge is 0.264 e. The Morgan fingerprint density at radius 1 is 1.13 bits per heavy atom. The Bertz CT molecular complexity index is 822. The summed E-state index contributed by atoms with van der Waals surface area (Å²) in [5.74, 6) is 1.96. The fourth-order valence-electron chi connectivity index (χ4n) is 1.95. The van der Waals surface area contributed by atoms with Crippen molar-refractivity contribution in [3.8, 4) is 12.3 Å². The van der Waals surface area contributed by atoms with E-state index in [4.69, 9.17) is 6.42 Å². The van der Waals surface area contributed by atoms with Gasteiger partial charge in [-0.1, -0.05) is 24.1 Å². The van der Waals surface area contributed by atoms with Gasteiger partial charge in [0.1, 0.15) is 0 Å². The second-order valence-electron chi connectivity index (χ2n) is 4.72. The first-order valence-corrected chi connectivity index (χ1v) is 8.26. The van der Waals surface area contributed by atoms with Crippen molar-refractivity contribution in [2.45, 2.75) is 4.90 Å². The molecule has 0 aliphatic heterocycles. The molecule has 0 saturated carbocycles. The van der Waals surface area contributed by atoms with Crippen LogP contribution in [0.4, 0.5) is 5.69 Å². The highest BCUT2D eigenvalue weighted by molar-refractivity contribution is 7.92. The molecular formula is C17H16N2O3S. The van der Waals surface area contributed by atoms with Gasteiger partial charge in [0.2, 0.25) is 0 Å². The number of rotatable bonds is 5. The van der Waals surface area contributed by atoms with Gasteiger partial charge in [-0.25, -0.2) is 8.42 Å². The predicted molar refractivity (Wildman–Crippen MR) is 89.6 cm³/mol. The first kappa shape index (κ1) is 16.6. The molecule has 1 amide bonds. The molecule has 0 aliphatic rings. The van der Waals surface area contributed by atoms with Gasteiger partial charge in [-0.2, -0.15) is 0 Å². The fourth-order valence-corrected chi connectivity index (χ4v) is 3.14. The Hall–Kier alpha value is -2.78. The molecule has 0 spiro atoms. The third-order valence-corrected chi connectivity index (χ3v) is 5.05. The van der Waals surface area contributed by atoms with Crippen LogP contribution >= 0.6 is 0 Å². The van der Waals surface area contributed by atoms with Crippen LogP contribution in [0.1, 0.15) is 10.4 Å². The summed E-state index contributed by atoms with van der Waals surface area (Å²) in [4.78, 5) is 11.9. The van der Waals surface area contributed by atoms with Gasteiger partial charge in [0.15, 0.2) is 0 Å². The summed E-state index contributed by atoms with van der Waals surface area (Å²) in [5, 5.41) is 2.52. The minimum Gasteiger partial charge on any atom is -0.341 e. The van der Waals surface area contributed by atoms with Crippen LogP contribution in [0.15, 0.2) is 59.5 Å². The van der Waals surface area contributed by atoms with Gasteiger partial charge in [-0.15, -0.1) is 6.42 Å². The molecule has 0 fully saturated rings. The molecule has 23 heavy (non-hydrogen) atoms. The van der Waals surface area contributed by atoms with Crippen molar-refractivity contribution in [2.24, 2.45) is 0 Å². The van der Waals surface area contributed by atoms with Crippen LogP contribution in [0, 0.1) is 12.3 Å². The molecule has 0 heterocycles. The normalized spacial score (nSPS) is 10.6. The zero-order chi connectivity index (χ0) is 16.9. The van der Waals surface area contributed by atoms with Crippen molar-refractivity contribution in [2.75, 3.05) is 17.9 Å². The Balaban J connectivity index is 2.24. The molecule has 0 radical (unpaired) electrons. The quantitative estimate of drug-likeness (QED) is 0.852. The maximum atomic E-state index is 12.6. The van der Waals surface area contributed by atoms with Gasteiger partial charge in [-0.05, 0) is 36.4 Å². The molecule has 6 heteroatoms. The first-order chi connectivity index (χ1) is 11.0. The van der Waals surface area contributed by atoms with E-state index in [1.54, 1.807) is 24.3 Å². The molecule has 2 aromatic rings. The van der Waals surface area contributed by atoms with Crippen LogP contribution in [-0.4, -0.2) is 27.9 Å². The minimum absolute atomic E-state index is 0.109. The van der Waals surface area contributed by atoms with E-state index in [9.17, 15) is 13.2 Å². The van der Waals surface area contributed by atoms with Gasteiger partial charge in [-0.3, -0.25) is 9.10 Å². The molecule has 5 nitrogen and oxygen atoms in total. The number of para-hydroxylation sites is 1. The third-order valence-electron chi connectivity index (χ3n) is 3.25. The van der Waals surface area contributed by atoms with Gasteiger partial charge in [0.25, 0.3) is 15.9 Å². The molecule has 0 atom stereocenters. The number of hydrogen-bond acceptors (Lipinski definition) is 3. The number of anilines is 1. The average molecular weight is 328 g/mol. The van der Waals surface area contributed by atoms with Gasteiger partial charge in [0.05, 0.1) is 17.1 Å². The molecule has 0 aliphatic carbocycles. The maximum absolute atomic E-state index is 12.6. The van der Waals surface area contributed by atoms with E-state index in [2.05, 4.69) is 11.2 Å². The number of sulfonamides is 1. The highest BCUT2D eigenvalue weighted by Gasteiger charge is 2.21. The standard InChI is InChI=1S/C17H16N2O3S/c1-3-13-18-17(20)14-9-11-16(12-10-14)23(21,22)19(2)15-7-5-4-6-8-15/h1,4-12H,13H2,2H3,(H,18,20). The molecule has 0 unspecified atom stereocenters. The first-order valence-electron chi connectivity index (χ1n) is 6.82. The number of nitrogens with zero attached hydrogens (tertiary/aromatic N) is 1. The average Bonchev–Trinajstić information content (AvgIpc) is 2.59. The van der Waals surface area contributed by atoms with Crippen LogP contribution in [0.3, 0.4) is 0 Å². The second-order valence-corrected chi connectivity index (χ2v) is 6.69. The fraction of sp³-hybridized carbons (Fsp3) is 0.118. The lowest BCUT2D eigenvalue weighted by atomic mass is 10.2. The topological polar surface area (TPSA) is 66.5 Å². The van der Waals surface area contributed by atoms with Crippen molar-refractivity contribution in [3.05, 3.63) is 60.2 Å². The van der Waals surface area contributed by atoms with Crippen molar-refractivity contribution in [3.63, 3.8) is 0 Å². The predicted octanol–water partition coefficient (Wildman–Crippen LogP) is 1.87. The summed E-state index contributed by atoms with van der Waals surface area (Å²) < 4.78 is 26.4. The maximum Gasteiger partial charge on any atom is 0.264 e. The molecule has 0 bridgehead atoms. The summed E-state index contributed by atoms with van der Waals surface area (Å²) in [5.41, 5.74) is 0.907. The van der Waals surface area contributed by atoms with Gasteiger partial charge >= 0.3 is 0 Å². The lowest BCUT2D eigenvalue weighted by molar-refractivity contribution is 0.0958. The van der Waals surface area contributed by atoms with E-state index >= 15 is 0 Å². The van der Waals surface area contributed by atoms with Crippen molar-refractivity contribution < 1.29 is 13.2 Å². The molecule has 0 saturated heterocycles. The number of amides is 1. The SMILES string of the molecule is C#CCNC(=O)c1ccc(S(=O)(=O)N(C)c2ccccc2)cc1. The van der Waals surface area contributed by atoms with Gasteiger partial charge in [0, 0.05) is 12.6 Å². The van der Waals surface area contributed by atoms with Crippen LogP contribution in [0.25, 0.3) is 0 Å².